The Morgan fingerprint density at radius 1 is 1.11 bits per heavy atom. The van der Waals surface area contributed by atoms with Gasteiger partial charge in [-0.2, -0.15) is 5.26 Å². The van der Waals surface area contributed by atoms with E-state index >= 15 is 0 Å². The fraction of sp³-hybridized carbons (Fsp3) is 0.188. The topological polar surface area (TPSA) is 53.2 Å². The molecule has 2 atom stereocenters. The summed E-state index contributed by atoms with van der Waals surface area (Å²) in [6.45, 7) is 1.75. The molecule has 3 rings (SSSR count). The summed E-state index contributed by atoms with van der Waals surface area (Å²) < 4.78 is 5.93. The molecule has 3 nitrogen and oxygen atoms in total. The molecule has 0 saturated heterocycles. The van der Waals surface area contributed by atoms with Gasteiger partial charge in [0.25, 0.3) is 0 Å². The summed E-state index contributed by atoms with van der Waals surface area (Å²) in [5.74, 6) is 0.693. The first-order valence-electron chi connectivity index (χ1n) is 6.12. The Hall–Kier alpha value is -2.31. The van der Waals surface area contributed by atoms with Crippen molar-refractivity contribution in [2.75, 3.05) is 0 Å². The third kappa shape index (κ3) is 1.61. The summed E-state index contributed by atoms with van der Waals surface area (Å²) in [6, 6.07) is 17.3. The van der Waals surface area contributed by atoms with Gasteiger partial charge in [-0.15, -0.1) is 0 Å². The van der Waals surface area contributed by atoms with Crippen LogP contribution >= 0.6 is 0 Å². The number of nitrogens with zero attached hydrogens (tertiary/aromatic N) is 1. The molecule has 2 aromatic carbocycles. The largest absolute Gasteiger partial charge is 0.478 e. The van der Waals surface area contributed by atoms with Crippen LogP contribution in [0.1, 0.15) is 12.5 Å². The monoisotopic (exact) mass is 251 g/mol. The Labute approximate surface area is 111 Å². The molecule has 0 radical (unpaired) electrons. The lowest BCUT2D eigenvalue weighted by Gasteiger charge is -2.38. The molecule has 1 heterocycles. The number of hydrogen-bond acceptors (Lipinski definition) is 3. The molecular formula is C16H13NO2. The first kappa shape index (κ1) is 11.8. The number of nitriles is 1. The Morgan fingerprint density at radius 3 is 2.47 bits per heavy atom. The first-order valence-corrected chi connectivity index (χ1v) is 6.12. The summed E-state index contributed by atoms with van der Waals surface area (Å²) in [6.07, 6.45) is -1.22. The van der Waals surface area contributed by atoms with Crippen molar-refractivity contribution in [1.82, 2.24) is 0 Å². The molecule has 0 spiro atoms. The van der Waals surface area contributed by atoms with Crippen LogP contribution in [-0.2, 0) is 5.60 Å². The molecule has 0 amide bonds. The lowest BCUT2D eigenvalue weighted by Crippen LogP contribution is -2.43. The van der Waals surface area contributed by atoms with Gasteiger partial charge in [0.15, 0.2) is 11.7 Å². The number of rotatable bonds is 1. The Bertz CT molecular complexity index is 674. The number of hydrogen-bond donors (Lipinski definition) is 1. The molecule has 0 fully saturated rings. The molecule has 19 heavy (non-hydrogen) atoms. The number of aliphatic hydroxyl groups excluding tert-OH is 1. The van der Waals surface area contributed by atoms with Gasteiger partial charge in [0.2, 0.25) is 0 Å². The maximum absolute atomic E-state index is 10.0. The van der Waals surface area contributed by atoms with Crippen LogP contribution in [0.25, 0.3) is 11.1 Å². The number of aliphatic hydroxyl groups is 1. The van der Waals surface area contributed by atoms with Crippen molar-refractivity contribution in [3.05, 3.63) is 54.1 Å². The third-order valence-corrected chi connectivity index (χ3v) is 3.61. The van der Waals surface area contributed by atoms with E-state index in [1.165, 1.54) is 0 Å². The number of para-hydroxylation sites is 1. The lowest BCUT2D eigenvalue weighted by molar-refractivity contribution is -0.0184. The highest BCUT2D eigenvalue weighted by molar-refractivity contribution is 5.76. The summed E-state index contributed by atoms with van der Waals surface area (Å²) in [4.78, 5) is 0. The van der Waals surface area contributed by atoms with Gasteiger partial charge in [-0.05, 0) is 18.6 Å². The van der Waals surface area contributed by atoms with Crippen molar-refractivity contribution >= 4 is 0 Å². The van der Waals surface area contributed by atoms with Crippen LogP contribution in [0, 0.1) is 11.3 Å². The van der Waals surface area contributed by atoms with E-state index in [-0.39, 0.29) is 0 Å². The minimum Gasteiger partial charge on any atom is -0.478 e. The molecule has 2 aromatic rings. The zero-order chi connectivity index (χ0) is 13.5. The highest BCUT2D eigenvalue weighted by atomic mass is 16.5. The average molecular weight is 251 g/mol. The van der Waals surface area contributed by atoms with Crippen molar-refractivity contribution in [1.29, 1.82) is 5.26 Å². The van der Waals surface area contributed by atoms with Gasteiger partial charge in [-0.25, -0.2) is 0 Å². The van der Waals surface area contributed by atoms with E-state index in [0.29, 0.717) is 5.75 Å². The highest BCUT2D eigenvalue weighted by Gasteiger charge is 2.42. The maximum Gasteiger partial charge on any atom is 0.184 e. The second-order valence-corrected chi connectivity index (χ2v) is 4.78. The van der Waals surface area contributed by atoms with Crippen LogP contribution in [0.2, 0.25) is 0 Å². The van der Waals surface area contributed by atoms with Crippen molar-refractivity contribution in [3.8, 4) is 22.9 Å². The van der Waals surface area contributed by atoms with E-state index in [1.807, 2.05) is 54.6 Å². The van der Waals surface area contributed by atoms with Gasteiger partial charge >= 0.3 is 0 Å². The van der Waals surface area contributed by atoms with Crippen molar-refractivity contribution in [2.45, 2.75) is 18.6 Å². The van der Waals surface area contributed by atoms with Gasteiger partial charge in [0, 0.05) is 11.1 Å². The van der Waals surface area contributed by atoms with Crippen LogP contribution in [0.5, 0.6) is 5.75 Å². The number of ether oxygens (including phenoxy) is 1. The van der Waals surface area contributed by atoms with Crippen LogP contribution in [0.4, 0.5) is 0 Å². The van der Waals surface area contributed by atoms with E-state index in [0.717, 1.165) is 16.7 Å². The zero-order valence-corrected chi connectivity index (χ0v) is 10.5. The molecule has 0 saturated carbocycles. The van der Waals surface area contributed by atoms with Crippen LogP contribution < -0.4 is 4.74 Å². The highest BCUT2D eigenvalue weighted by Crippen LogP contribution is 2.46. The van der Waals surface area contributed by atoms with Crippen molar-refractivity contribution in [3.63, 3.8) is 0 Å². The van der Waals surface area contributed by atoms with Gasteiger partial charge in [-0.3, -0.25) is 0 Å². The van der Waals surface area contributed by atoms with Crippen molar-refractivity contribution < 1.29 is 9.84 Å². The molecule has 94 valence electrons. The zero-order valence-electron chi connectivity index (χ0n) is 10.5. The number of benzene rings is 2. The van der Waals surface area contributed by atoms with E-state index in [2.05, 4.69) is 0 Å². The lowest BCUT2D eigenvalue weighted by atomic mass is 9.82. The molecule has 0 aromatic heterocycles. The van der Waals surface area contributed by atoms with Gasteiger partial charge in [-0.1, -0.05) is 42.5 Å². The van der Waals surface area contributed by atoms with Gasteiger partial charge < -0.3 is 9.84 Å². The van der Waals surface area contributed by atoms with E-state index in [9.17, 15) is 5.11 Å². The molecule has 1 aliphatic rings. The molecule has 0 bridgehead atoms. The average Bonchev–Trinajstić information content (AvgIpc) is 2.47. The van der Waals surface area contributed by atoms with E-state index < -0.39 is 11.7 Å². The van der Waals surface area contributed by atoms with Gasteiger partial charge in [0.05, 0.1) is 6.07 Å². The summed E-state index contributed by atoms with van der Waals surface area (Å²) in [7, 11) is 0. The Balaban J connectivity index is 2.29. The normalized spacial score (nSPS) is 21.5. The predicted molar refractivity (Wildman–Crippen MR) is 71.5 cm³/mol. The standard InChI is InChI=1S/C16H13NO2/c1-16(15(18)10-17)13-8-4-2-6-11(13)12-7-3-5-9-14(12)19-16/h2-9,15,18H,1H3. The van der Waals surface area contributed by atoms with E-state index in [4.69, 9.17) is 10.00 Å². The van der Waals surface area contributed by atoms with Crippen LogP contribution in [-0.4, -0.2) is 11.2 Å². The fourth-order valence-corrected chi connectivity index (χ4v) is 2.54. The van der Waals surface area contributed by atoms with Crippen LogP contribution in [0.15, 0.2) is 48.5 Å². The number of fused-ring (bicyclic) bond motifs is 3. The smallest absolute Gasteiger partial charge is 0.184 e. The fourth-order valence-electron chi connectivity index (χ4n) is 2.54. The second kappa shape index (κ2) is 4.11. The van der Waals surface area contributed by atoms with Crippen molar-refractivity contribution in [2.24, 2.45) is 0 Å². The third-order valence-electron chi connectivity index (χ3n) is 3.61. The molecule has 1 aliphatic heterocycles. The Kier molecular flexibility index (Phi) is 2.55. The minimum absolute atomic E-state index is 0.693. The predicted octanol–water partition coefficient (Wildman–Crippen LogP) is 2.85. The van der Waals surface area contributed by atoms with Gasteiger partial charge in [0.1, 0.15) is 5.75 Å². The van der Waals surface area contributed by atoms with E-state index in [1.54, 1.807) is 6.92 Å². The molecule has 2 unspecified atom stereocenters. The summed E-state index contributed by atoms with van der Waals surface area (Å²) in [5.41, 5.74) is 1.78. The quantitative estimate of drug-likeness (QED) is 0.793. The molecule has 0 aliphatic carbocycles. The molecular weight excluding hydrogens is 238 g/mol. The minimum atomic E-state index is -1.22. The summed E-state index contributed by atoms with van der Waals surface area (Å²) >= 11 is 0. The first-order chi connectivity index (χ1) is 9.16. The maximum atomic E-state index is 10.0. The molecule has 1 N–H and O–H groups in total. The van der Waals surface area contributed by atoms with Crippen LogP contribution in [0.3, 0.4) is 0 Å². The molecule has 3 heteroatoms. The SMILES string of the molecule is CC1(C(O)C#N)Oc2ccccc2-c2ccccc21. The summed E-state index contributed by atoms with van der Waals surface area (Å²) in [5, 5.41) is 19.1. The second-order valence-electron chi connectivity index (χ2n) is 4.78. The Morgan fingerprint density at radius 2 is 1.74 bits per heavy atom.